The maximum atomic E-state index is 13.3. The molecule has 0 saturated carbocycles. The van der Waals surface area contributed by atoms with Crippen molar-refractivity contribution in [2.45, 2.75) is 37.3 Å². The number of carbonyl (C=O) groups excluding carboxylic acids is 1. The Labute approximate surface area is 222 Å². The number of benzene rings is 2. The number of nitrogens with zero attached hydrogens (tertiary/aromatic N) is 6. The SMILES string of the molecule is CCOC(=O)C1=C(CSc2nnc(-c3ccccc3)s2)Nc2nnnn2C1c1ccc(OC(C)C)cc1. The molecule has 1 N–H and O–H groups in total. The van der Waals surface area contributed by atoms with Gasteiger partial charge in [0, 0.05) is 17.0 Å². The van der Waals surface area contributed by atoms with Crippen molar-refractivity contribution < 1.29 is 14.3 Å². The van der Waals surface area contributed by atoms with Crippen LogP contribution in [0.5, 0.6) is 5.75 Å². The molecule has 4 aromatic rings. The van der Waals surface area contributed by atoms with Crippen molar-refractivity contribution in [3.8, 4) is 16.3 Å². The maximum Gasteiger partial charge on any atom is 0.338 e. The molecule has 5 rings (SSSR count). The molecular formula is C25H25N7O3S2. The summed E-state index contributed by atoms with van der Waals surface area (Å²) in [4.78, 5) is 13.3. The molecule has 0 bridgehead atoms. The van der Waals surface area contributed by atoms with Crippen molar-refractivity contribution in [3.05, 3.63) is 71.4 Å². The van der Waals surface area contributed by atoms with E-state index in [1.165, 1.54) is 23.1 Å². The van der Waals surface area contributed by atoms with Gasteiger partial charge in [0.2, 0.25) is 5.95 Å². The second kappa shape index (κ2) is 11.1. The van der Waals surface area contributed by atoms with E-state index in [1.807, 2.05) is 68.4 Å². The second-order valence-electron chi connectivity index (χ2n) is 8.35. The molecular weight excluding hydrogens is 510 g/mol. The third-order valence-electron chi connectivity index (χ3n) is 5.43. The van der Waals surface area contributed by atoms with Crippen LogP contribution in [0.25, 0.3) is 10.6 Å². The fourth-order valence-corrected chi connectivity index (χ4v) is 5.73. The van der Waals surface area contributed by atoms with Gasteiger partial charge in [-0.15, -0.1) is 10.2 Å². The number of hydrogen-bond donors (Lipinski definition) is 1. The van der Waals surface area contributed by atoms with Gasteiger partial charge < -0.3 is 14.8 Å². The van der Waals surface area contributed by atoms with Crippen molar-refractivity contribution in [1.29, 1.82) is 0 Å². The van der Waals surface area contributed by atoms with E-state index in [0.717, 1.165) is 26.2 Å². The average molecular weight is 536 g/mol. The van der Waals surface area contributed by atoms with E-state index >= 15 is 0 Å². The minimum atomic E-state index is -0.566. The summed E-state index contributed by atoms with van der Waals surface area (Å²) < 4.78 is 13.6. The zero-order valence-electron chi connectivity index (χ0n) is 20.5. The summed E-state index contributed by atoms with van der Waals surface area (Å²) in [5, 5.41) is 24.8. The number of rotatable bonds is 9. The molecule has 1 atom stereocenters. The van der Waals surface area contributed by atoms with Crippen LogP contribution in [-0.4, -0.2) is 54.8 Å². The molecule has 2 aromatic carbocycles. The maximum absolute atomic E-state index is 13.3. The molecule has 10 nitrogen and oxygen atoms in total. The average Bonchev–Trinajstić information content (AvgIpc) is 3.57. The molecule has 0 fully saturated rings. The van der Waals surface area contributed by atoms with Crippen LogP contribution in [-0.2, 0) is 9.53 Å². The number of aromatic nitrogens is 6. The summed E-state index contributed by atoms with van der Waals surface area (Å²) in [6.45, 7) is 5.97. The molecule has 0 saturated heterocycles. The van der Waals surface area contributed by atoms with Crippen LogP contribution in [0.15, 0.2) is 70.2 Å². The number of esters is 1. The van der Waals surface area contributed by atoms with Crippen molar-refractivity contribution in [2.75, 3.05) is 17.7 Å². The lowest BCUT2D eigenvalue weighted by molar-refractivity contribution is -0.139. The zero-order valence-corrected chi connectivity index (χ0v) is 22.1. The van der Waals surface area contributed by atoms with Crippen LogP contribution >= 0.6 is 23.1 Å². The molecule has 37 heavy (non-hydrogen) atoms. The first-order valence-electron chi connectivity index (χ1n) is 11.8. The normalized spacial score (nSPS) is 14.9. The highest BCUT2D eigenvalue weighted by molar-refractivity contribution is 8.01. The van der Waals surface area contributed by atoms with Crippen LogP contribution in [0.3, 0.4) is 0 Å². The van der Waals surface area contributed by atoms with Gasteiger partial charge in [0.25, 0.3) is 0 Å². The van der Waals surface area contributed by atoms with Crippen LogP contribution in [0.2, 0.25) is 0 Å². The van der Waals surface area contributed by atoms with Crippen molar-refractivity contribution in [2.24, 2.45) is 0 Å². The number of nitrogens with one attached hydrogen (secondary N) is 1. The van der Waals surface area contributed by atoms with E-state index in [1.54, 1.807) is 11.6 Å². The summed E-state index contributed by atoms with van der Waals surface area (Å²) in [5.74, 6) is 1.18. The monoisotopic (exact) mass is 535 g/mol. The van der Waals surface area contributed by atoms with Gasteiger partial charge in [-0.1, -0.05) is 70.7 Å². The quantitative estimate of drug-likeness (QED) is 0.241. The molecule has 0 radical (unpaired) electrons. The number of fused-ring (bicyclic) bond motifs is 1. The molecule has 12 heteroatoms. The van der Waals surface area contributed by atoms with Gasteiger partial charge in [-0.05, 0) is 48.9 Å². The predicted molar refractivity (Wildman–Crippen MR) is 142 cm³/mol. The Bertz CT molecular complexity index is 1400. The fraction of sp³-hybridized carbons (Fsp3) is 0.280. The number of ether oxygens (including phenoxy) is 2. The van der Waals surface area contributed by atoms with Crippen LogP contribution in [0.1, 0.15) is 32.4 Å². The van der Waals surface area contributed by atoms with Gasteiger partial charge in [0.15, 0.2) is 4.34 Å². The van der Waals surface area contributed by atoms with Gasteiger partial charge in [-0.2, -0.15) is 4.68 Å². The highest BCUT2D eigenvalue weighted by atomic mass is 32.2. The number of tetrazole rings is 1. The second-order valence-corrected chi connectivity index (χ2v) is 10.6. The zero-order chi connectivity index (χ0) is 25.8. The van der Waals surface area contributed by atoms with E-state index in [4.69, 9.17) is 9.47 Å². The van der Waals surface area contributed by atoms with Gasteiger partial charge >= 0.3 is 5.97 Å². The Morgan fingerprint density at radius 3 is 2.62 bits per heavy atom. The van der Waals surface area contributed by atoms with E-state index < -0.39 is 12.0 Å². The summed E-state index contributed by atoms with van der Waals surface area (Å²) in [7, 11) is 0. The molecule has 3 heterocycles. The van der Waals surface area contributed by atoms with Gasteiger partial charge in [0.1, 0.15) is 16.8 Å². The molecule has 190 valence electrons. The molecule has 1 unspecified atom stereocenters. The van der Waals surface area contributed by atoms with Gasteiger partial charge in [-0.3, -0.25) is 0 Å². The van der Waals surface area contributed by atoms with Crippen molar-refractivity contribution in [1.82, 2.24) is 30.4 Å². The number of carbonyl (C=O) groups is 1. The molecule has 1 aliphatic heterocycles. The summed E-state index contributed by atoms with van der Waals surface area (Å²) in [5.41, 5.74) is 2.95. The first-order chi connectivity index (χ1) is 18.0. The summed E-state index contributed by atoms with van der Waals surface area (Å²) >= 11 is 2.98. The molecule has 1 aliphatic rings. The van der Waals surface area contributed by atoms with E-state index in [0.29, 0.717) is 23.0 Å². The van der Waals surface area contributed by atoms with Crippen LogP contribution < -0.4 is 10.1 Å². The Morgan fingerprint density at radius 1 is 1.11 bits per heavy atom. The van der Waals surface area contributed by atoms with Gasteiger partial charge in [0.05, 0.1) is 18.3 Å². The van der Waals surface area contributed by atoms with Crippen molar-refractivity contribution >= 4 is 35.0 Å². The largest absolute Gasteiger partial charge is 0.491 e. The fourth-order valence-electron chi connectivity index (χ4n) is 3.91. The van der Waals surface area contributed by atoms with E-state index in [2.05, 4.69) is 31.0 Å². The Kier molecular flexibility index (Phi) is 7.47. The molecule has 0 amide bonds. The molecule has 0 spiro atoms. The highest BCUT2D eigenvalue weighted by Gasteiger charge is 2.36. The minimum Gasteiger partial charge on any atom is -0.491 e. The summed E-state index contributed by atoms with van der Waals surface area (Å²) in [6, 6.07) is 16.9. The Hall–Kier alpha value is -3.77. The lowest BCUT2D eigenvalue weighted by atomic mass is 9.95. The number of anilines is 1. The van der Waals surface area contributed by atoms with Crippen LogP contribution in [0.4, 0.5) is 5.95 Å². The van der Waals surface area contributed by atoms with E-state index in [9.17, 15) is 4.79 Å². The van der Waals surface area contributed by atoms with Gasteiger partial charge in [-0.25, -0.2) is 4.79 Å². The predicted octanol–water partition coefficient (Wildman–Crippen LogP) is 4.60. The van der Waals surface area contributed by atoms with Crippen molar-refractivity contribution in [3.63, 3.8) is 0 Å². The smallest absolute Gasteiger partial charge is 0.338 e. The first-order valence-corrected chi connectivity index (χ1v) is 13.6. The minimum absolute atomic E-state index is 0.0530. The number of thioether (sulfide) groups is 1. The number of hydrogen-bond acceptors (Lipinski definition) is 11. The Balaban J connectivity index is 1.47. The molecule has 2 aromatic heterocycles. The summed E-state index contributed by atoms with van der Waals surface area (Å²) in [6.07, 6.45) is 0.0530. The lowest BCUT2D eigenvalue weighted by Gasteiger charge is -2.28. The lowest BCUT2D eigenvalue weighted by Crippen LogP contribution is -2.31. The Morgan fingerprint density at radius 2 is 1.89 bits per heavy atom. The third-order valence-corrected chi connectivity index (χ3v) is 7.56. The highest BCUT2D eigenvalue weighted by Crippen LogP contribution is 2.38. The first kappa shape index (κ1) is 24.9. The van der Waals surface area contributed by atoms with Crippen LogP contribution in [0, 0.1) is 0 Å². The third kappa shape index (κ3) is 5.49. The standard InChI is InChI=1S/C25H25N7O3S2/c1-4-34-23(33)20-19(14-36-25-29-27-22(37-25)17-8-6-5-7-9-17)26-24-28-30-31-32(24)21(20)16-10-12-18(13-11-16)35-15(2)3/h5-13,15,21H,4,14H2,1-3H3,(H,26,28,31). The van der Waals surface area contributed by atoms with E-state index in [-0.39, 0.29) is 12.7 Å². The topological polar surface area (TPSA) is 117 Å². The molecule has 0 aliphatic carbocycles.